The van der Waals surface area contributed by atoms with E-state index in [-0.39, 0.29) is 5.92 Å². The molecule has 1 aliphatic carbocycles. The molecule has 2 rings (SSSR count). The highest BCUT2D eigenvalue weighted by Gasteiger charge is 2.07. The third-order valence-corrected chi connectivity index (χ3v) is 3.18. The lowest BCUT2D eigenvalue weighted by Crippen LogP contribution is -1.94. The summed E-state index contributed by atoms with van der Waals surface area (Å²) in [5.74, 6) is 0.577. The maximum Gasteiger partial charge on any atom is 0.119 e. The van der Waals surface area contributed by atoms with Crippen LogP contribution in [-0.4, -0.2) is 5.11 Å². The Morgan fingerprint density at radius 2 is 1.84 bits per heavy atom. The van der Waals surface area contributed by atoms with Crippen LogP contribution in [0.1, 0.15) is 24.5 Å². The smallest absolute Gasteiger partial charge is 0.119 e. The molecule has 0 bridgehead atoms. The van der Waals surface area contributed by atoms with E-state index in [4.69, 9.17) is 0 Å². The summed E-state index contributed by atoms with van der Waals surface area (Å²) in [5, 5.41) is 10.3. The minimum Gasteiger partial charge on any atom is -0.508 e. The first-order valence-corrected chi connectivity index (χ1v) is 6.68. The summed E-state index contributed by atoms with van der Waals surface area (Å²) in [4.78, 5) is 0. The molecule has 1 nitrogen and oxygen atoms in total. The Balaban J connectivity index is 2.39. The van der Waals surface area contributed by atoms with Crippen LogP contribution in [0.15, 0.2) is 66.5 Å². The summed E-state index contributed by atoms with van der Waals surface area (Å²) in [6.45, 7) is 4.13. The minimum absolute atomic E-state index is 0.219. The monoisotopic (exact) mass is 252 g/mol. The number of aliphatic hydroxyl groups is 1. The van der Waals surface area contributed by atoms with E-state index in [2.05, 4.69) is 62.4 Å². The summed E-state index contributed by atoms with van der Waals surface area (Å²) in [6.07, 6.45) is 13.0. The lowest BCUT2D eigenvalue weighted by Gasteiger charge is -2.10. The molecule has 0 amide bonds. The van der Waals surface area contributed by atoms with E-state index in [1.54, 1.807) is 0 Å². The van der Waals surface area contributed by atoms with Gasteiger partial charge in [-0.2, -0.15) is 0 Å². The number of benzene rings is 1. The maximum atomic E-state index is 10.3. The van der Waals surface area contributed by atoms with Gasteiger partial charge in [0.15, 0.2) is 0 Å². The van der Waals surface area contributed by atoms with Gasteiger partial charge in [0.2, 0.25) is 0 Å². The number of aryl methyl sites for hydroxylation is 1. The van der Waals surface area contributed by atoms with Gasteiger partial charge in [0.25, 0.3) is 0 Å². The molecule has 1 N–H and O–H groups in total. The van der Waals surface area contributed by atoms with Crippen molar-refractivity contribution in [1.29, 1.82) is 0 Å². The molecular weight excluding hydrogens is 232 g/mol. The molecule has 1 aliphatic rings. The van der Waals surface area contributed by atoms with Gasteiger partial charge in [-0.15, -0.1) is 0 Å². The number of aliphatic hydroxyl groups excluding tert-OH is 1. The van der Waals surface area contributed by atoms with Crippen molar-refractivity contribution in [2.24, 2.45) is 5.92 Å². The normalized spacial score (nSPS) is 28.6. The summed E-state index contributed by atoms with van der Waals surface area (Å²) in [7, 11) is 0. The van der Waals surface area contributed by atoms with E-state index in [1.807, 2.05) is 12.2 Å². The van der Waals surface area contributed by atoms with Crippen molar-refractivity contribution in [2.75, 3.05) is 0 Å². The van der Waals surface area contributed by atoms with Crippen LogP contribution in [0.2, 0.25) is 0 Å². The Bertz CT molecular complexity index is 542. The van der Waals surface area contributed by atoms with E-state index < -0.39 is 0 Å². The van der Waals surface area contributed by atoms with Gasteiger partial charge >= 0.3 is 0 Å². The first-order chi connectivity index (χ1) is 9.16. The highest BCUT2D eigenvalue weighted by Crippen LogP contribution is 2.24. The number of hydrogen-bond acceptors (Lipinski definition) is 1. The van der Waals surface area contributed by atoms with Crippen LogP contribution in [0.4, 0.5) is 0 Å². The van der Waals surface area contributed by atoms with Gasteiger partial charge < -0.3 is 5.11 Å². The Hall–Kier alpha value is -2.02. The molecule has 1 aromatic carbocycles. The second-order valence-electron chi connectivity index (χ2n) is 4.94. The highest BCUT2D eigenvalue weighted by atomic mass is 16.3. The SMILES string of the molecule is Cc1ccc(C2=C/C/C=C\C=C/C(C)/C=C\2O)cc1. The van der Waals surface area contributed by atoms with Crippen LogP contribution in [0, 0.1) is 12.8 Å². The third kappa shape index (κ3) is 3.72. The van der Waals surface area contributed by atoms with Crippen molar-refractivity contribution in [3.05, 3.63) is 77.6 Å². The molecule has 98 valence electrons. The van der Waals surface area contributed by atoms with Crippen molar-refractivity contribution >= 4 is 5.57 Å². The third-order valence-electron chi connectivity index (χ3n) is 3.18. The van der Waals surface area contributed by atoms with Crippen molar-refractivity contribution < 1.29 is 5.11 Å². The molecule has 0 aromatic heterocycles. The Labute approximate surface area is 115 Å². The van der Waals surface area contributed by atoms with Gasteiger partial charge in [-0.1, -0.05) is 67.1 Å². The van der Waals surface area contributed by atoms with Crippen LogP contribution >= 0.6 is 0 Å². The predicted octanol–water partition coefficient (Wildman–Crippen LogP) is 4.97. The molecule has 1 heteroatoms. The molecule has 1 atom stereocenters. The quantitative estimate of drug-likeness (QED) is 0.748. The lowest BCUT2D eigenvalue weighted by atomic mass is 9.98. The van der Waals surface area contributed by atoms with Crippen LogP contribution in [-0.2, 0) is 0 Å². The van der Waals surface area contributed by atoms with Gasteiger partial charge in [-0.25, -0.2) is 0 Å². The average molecular weight is 252 g/mol. The first kappa shape index (κ1) is 13.4. The lowest BCUT2D eigenvalue weighted by molar-refractivity contribution is 0.432. The molecule has 0 saturated carbocycles. The van der Waals surface area contributed by atoms with Crippen LogP contribution in [0.5, 0.6) is 0 Å². The Kier molecular flexibility index (Phi) is 4.40. The van der Waals surface area contributed by atoms with Crippen LogP contribution < -0.4 is 0 Å². The van der Waals surface area contributed by atoms with Crippen LogP contribution in [0.3, 0.4) is 0 Å². The topological polar surface area (TPSA) is 20.2 Å². The zero-order valence-electron chi connectivity index (χ0n) is 11.5. The molecule has 0 aliphatic heterocycles. The minimum atomic E-state index is 0.219. The van der Waals surface area contributed by atoms with Crippen LogP contribution in [0.25, 0.3) is 5.57 Å². The highest BCUT2D eigenvalue weighted by molar-refractivity contribution is 5.77. The summed E-state index contributed by atoms with van der Waals surface area (Å²) < 4.78 is 0. The van der Waals surface area contributed by atoms with E-state index in [0.717, 1.165) is 17.6 Å². The molecule has 1 unspecified atom stereocenters. The number of rotatable bonds is 1. The van der Waals surface area contributed by atoms with Gasteiger partial charge in [0.05, 0.1) is 0 Å². The van der Waals surface area contributed by atoms with E-state index in [9.17, 15) is 5.11 Å². The fourth-order valence-corrected chi connectivity index (χ4v) is 2.08. The molecule has 0 saturated heterocycles. The van der Waals surface area contributed by atoms with Crippen molar-refractivity contribution in [3.63, 3.8) is 0 Å². The molecule has 19 heavy (non-hydrogen) atoms. The summed E-state index contributed by atoms with van der Waals surface area (Å²) >= 11 is 0. The second kappa shape index (κ2) is 6.24. The van der Waals surface area contributed by atoms with E-state index >= 15 is 0 Å². The molecule has 0 fully saturated rings. The first-order valence-electron chi connectivity index (χ1n) is 6.68. The van der Waals surface area contributed by atoms with Crippen molar-refractivity contribution in [3.8, 4) is 0 Å². The van der Waals surface area contributed by atoms with Gasteiger partial charge in [0, 0.05) is 5.57 Å². The van der Waals surface area contributed by atoms with E-state index in [1.165, 1.54) is 5.56 Å². The van der Waals surface area contributed by atoms with Crippen molar-refractivity contribution in [2.45, 2.75) is 20.3 Å². The van der Waals surface area contributed by atoms with Gasteiger partial charge in [-0.05, 0) is 30.9 Å². The maximum absolute atomic E-state index is 10.3. The second-order valence-corrected chi connectivity index (χ2v) is 4.94. The molecular formula is C18H20O. The number of allylic oxidation sites excluding steroid dienone is 7. The fourth-order valence-electron chi connectivity index (χ4n) is 2.08. The Morgan fingerprint density at radius 1 is 1.11 bits per heavy atom. The van der Waals surface area contributed by atoms with Gasteiger partial charge in [-0.3, -0.25) is 0 Å². The van der Waals surface area contributed by atoms with Crippen molar-refractivity contribution in [1.82, 2.24) is 0 Å². The van der Waals surface area contributed by atoms with E-state index in [0.29, 0.717) is 5.76 Å². The zero-order valence-corrected chi connectivity index (χ0v) is 11.5. The zero-order chi connectivity index (χ0) is 13.7. The summed E-state index contributed by atoms with van der Waals surface area (Å²) in [6, 6.07) is 8.26. The summed E-state index contributed by atoms with van der Waals surface area (Å²) in [5.41, 5.74) is 3.19. The number of hydrogen-bond donors (Lipinski definition) is 1. The molecule has 0 heterocycles. The standard InChI is InChI=1S/C18H20O/c1-14-9-11-16(12-10-14)17-8-6-4-3-5-7-15(2)13-18(17)19/h3-5,7-13,15,19H,6H2,1-2H3/b4-3-,7-5-,17-8-,18-13+. The fraction of sp³-hybridized carbons (Fsp3) is 0.222. The van der Waals surface area contributed by atoms with Gasteiger partial charge in [0.1, 0.15) is 5.76 Å². The Morgan fingerprint density at radius 3 is 2.58 bits per heavy atom. The predicted molar refractivity (Wildman–Crippen MR) is 81.9 cm³/mol. The average Bonchev–Trinajstić information content (AvgIpc) is 2.39. The molecule has 0 spiro atoms. The largest absolute Gasteiger partial charge is 0.508 e. The molecule has 1 aromatic rings. The molecule has 0 radical (unpaired) electrons.